The van der Waals surface area contributed by atoms with Crippen LogP contribution in [-0.2, 0) is 9.84 Å². The second kappa shape index (κ2) is 9.32. The molecule has 13 heteroatoms. The first-order valence-electron chi connectivity index (χ1n) is 10.8. The Morgan fingerprint density at radius 1 is 1.17 bits per heavy atom. The minimum atomic E-state index is -3.99. The largest absolute Gasteiger partial charge is 0.496 e. The van der Waals surface area contributed by atoms with Gasteiger partial charge in [0.15, 0.2) is 5.82 Å². The van der Waals surface area contributed by atoms with Crippen molar-refractivity contribution in [3.8, 4) is 16.9 Å². The highest BCUT2D eigenvalue weighted by Gasteiger charge is 2.35. The molecule has 2 aromatic carbocycles. The van der Waals surface area contributed by atoms with Gasteiger partial charge in [-0.15, -0.1) is 0 Å². The second-order valence-electron chi connectivity index (χ2n) is 8.65. The van der Waals surface area contributed by atoms with Gasteiger partial charge in [0.25, 0.3) is 0 Å². The molecule has 0 aliphatic carbocycles. The molecule has 1 aliphatic heterocycles. The predicted octanol–water partition coefficient (Wildman–Crippen LogP) is 4.22. The SMILES string of the molecule is COc1cccc(F)c1-c1c(Cl)cc2c(N3CC(C)N(C(=O)O)CC3C)nc(S(C)(=O)=O)nc2c1F. The molecule has 1 amide bonds. The van der Waals surface area contributed by atoms with Crippen LogP contribution < -0.4 is 9.64 Å². The smallest absolute Gasteiger partial charge is 0.407 e. The Bertz CT molecular complexity index is 1490. The Kier molecular flexibility index (Phi) is 6.69. The van der Waals surface area contributed by atoms with Gasteiger partial charge in [-0.2, -0.15) is 0 Å². The van der Waals surface area contributed by atoms with Gasteiger partial charge in [0, 0.05) is 42.4 Å². The van der Waals surface area contributed by atoms with Crippen molar-refractivity contribution in [2.24, 2.45) is 0 Å². The van der Waals surface area contributed by atoms with Crippen LogP contribution in [0.15, 0.2) is 29.4 Å². The van der Waals surface area contributed by atoms with Crippen molar-refractivity contribution in [2.75, 3.05) is 31.4 Å². The highest BCUT2D eigenvalue weighted by atomic mass is 35.5. The molecule has 0 spiro atoms. The molecule has 192 valence electrons. The van der Waals surface area contributed by atoms with E-state index < -0.39 is 44.8 Å². The number of carboxylic acid groups (broad SMARTS) is 1. The highest BCUT2D eigenvalue weighted by Crippen LogP contribution is 2.43. The number of hydrogen-bond acceptors (Lipinski definition) is 7. The molecule has 2 heterocycles. The number of rotatable bonds is 4. The molecule has 3 aromatic rings. The van der Waals surface area contributed by atoms with E-state index in [-0.39, 0.29) is 51.7 Å². The van der Waals surface area contributed by atoms with Crippen molar-refractivity contribution in [2.45, 2.75) is 31.1 Å². The molecule has 1 N–H and O–H groups in total. The molecule has 1 aromatic heterocycles. The zero-order valence-corrected chi connectivity index (χ0v) is 21.4. The number of sulfone groups is 1. The van der Waals surface area contributed by atoms with Crippen molar-refractivity contribution in [3.63, 3.8) is 0 Å². The lowest BCUT2D eigenvalue weighted by Crippen LogP contribution is -2.58. The van der Waals surface area contributed by atoms with Crippen molar-refractivity contribution in [1.29, 1.82) is 0 Å². The Morgan fingerprint density at radius 3 is 2.47 bits per heavy atom. The minimum absolute atomic E-state index is 0.0278. The van der Waals surface area contributed by atoms with Crippen molar-refractivity contribution in [1.82, 2.24) is 14.9 Å². The standard InChI is InChI=1S/C23H23ClF2N4O5S/c1-11-10-30(23(31)32)12(2)9-29(11)21-13-8-14(24)17(18-15(25)6-5-7-16(18)35-3)19(26)20(13)27-22(28-21)36(4,33)34/h5-8,11-12H,9-10H2,1-4H3,(H,31,32). The maximum atomic E-state index is 16.1. The number of nitrogens with zero attached hydrogens (tertiary/aromatic N) is 4. The van der Waals surface area contributed by atoms with Crippen LogP contribution in [0.4, 0.5) is 19.4 Å². The number of hydrogen-bond donors (Lipinski definition) is 1. The maximum absolute atomic E-state index is 16.1. The number of fused-ring (bicyclic) bond motifs is 1. The van der Waals surface area contributed by atoms with Crippen LogP contribution in [0.2, 0.25) is 5.02 Å². The van der Waals surface area contributed by atoms with Crippen molar-refractivity contribution < 1.29 is 31.8 Å². The number of piperazine rings is 1. The average molecular weight is 541 g/mol. The van der Waals surface area contributed by atoms with Gasteiger partial charge in [-0.05, 0) is 32.0 Å². The molecule has 36 heavy (non-hydrogen) atoms. The molecule has 9 nitrogen and oxygen atoms in total. The predicted molar refractivity (Wildman–Crippen MR) is 131 cm³/mol. The fourth-order valence-corrected chi connectivity index (χ4v) is 5.18. The fraction of sp³-hybridized carbons (Fsp3) is 0.348. The highest BCUT2D eigenvalue weighted by molar-refractivity contribution is 7.90. The third-order valence-corrected chi connectivity index (χ3v) is 7.27. The van der Waals surface area contributed by atoms with Crippen LogP contribution >= 0.6 is 11.6 Å². The number of aromatic nitrogens is 2. The summed E-state index contributed by atoms with van der Waals surface area (Å²) in [7, 11) is -2.69. The fourth-order valence-electron chi connectivity index (χ4n) is 4.38. The molecule has 1 aliphatic rings. The van der Waals surface area contributed by atoms with Gasteiger partial charge in [0.05, 0.1) is 17.7 Å². The zero-order chi connectivity index (χ0) is 26.5. The molecule has 2 unspecified atom stereocenters. The third-order valence-electron chi connectivity index (χ3n) is 6.12. The quantitative estimate of drug-likeness (QED) is 0.489. The van der Waals surface area contributed by atoms with Crippen LogP contribution in [0.5, 0.6) is 5.75 Å². The van der Waals surface area contributed by atoms with E-state index in [4.69, 9.17) is 16.3 Å². The van der Waals surface area contributed by atoms with Gasteiger partial charge in [0.1, 0.15) is 22.9 Å². The summed E-state index contributed by atoms with van der Waals surface area (Å²) in [4.78, 5) is 22.7. The van der Waals surface area contributed by atoms with Crippen molar-refractivity contribution >= 4 is 44.3 Å². The van der Waals surface area contributed by atoms with E-state index in [1.807, 2.05) is 0 Å². The number of anilines is 1. The number of amides is 1. The molecule has 0 radical (unpaired) electrons. The topological polar surface area (TPSA) is 113 Å². The molecular weight excluding hydrogens is 518 g/mol. The summed E-state index contributed by atoms with van der Waals surface area (Å²) in [5, 5.41) is 8.79. The molecule has 1 saturated heterocycles. The van der Waals surface area contributed by atoms with Crippen LogP contribution in [0.3, 0.4) is 0 Å². The molecule has 2 atom stereocenters. The van der Waals surface area contributed by atoms with Crippen LogP contribution in [-0.4, -0.2) is 73.0 Å². The normalized spacial score (nSPS) is 18.5. The van der Waals surface area contributed by atoms with Crippen molar-refractivity contribution in [3.05, 3.63) is 40.9 Å². The van der Waals surface area contributed by atoms with E-state index in [0.29, 0.717) is 0 Å². The number of benzene rings is 2. The van der Waals surface area contributed by atoms with Gasteiger partial charge in [-0.25, -0.2) is 32.0 Å². The zero-order valence-electron chi connectivity index (χ0n) is 19.8. The van der Waals surface area contributed by atoms with E-state index in [9.17, 15) is 22.7 Å². The van der Waals surface area contributed by atoms with Gasteiger partial charge >= 0.3 is 6.09 Å². The lowest BCUT2D eigenvalue weighted by molar-refractivity contribution is 0.114. The number of ether oxygens (including phenoxy) is 1. The summed E-state index contributed by atoms with van der Waals surface area (Å²) in [6.07, 6.45) is -0.197. The van der Waals surface area contributed by atoms with Gasteiger partial charge in [-0.1, -0.05) is 17.7 Å². The Labute approximate surface area is 211 Å². The summed E-state index contributed by atoms with van der Waals surface area (Å²) in [5.74, 6) is -1.73. The first-order chi connectivity index (χ1) is 16.8. The Balaban J connectivity index is 2.02. The Hall–Kier alpha value is -3.25. The number of halogens is 3. The first kappa shape index (κ1) is 25.8. The summed E-state index contributed by atoms with van der Waals surface area (Å²) < 4.78 is 61.0. The molecule has 0 saturated carbocycles. The maximum Gasteiger partial charge on any atom is 0.407 e. The summed E-state index contributed by atoms with van der Waals surface area (Å²) in [6, 6.07) is 4.41. The molecule has 4 rings (SSSR count). The second-order valence-corrected chi connectivity index (χ2v) is 11.0. The van der Waals surface area contributed by atoms with E-state index >= 15 is 4.39 Å². The molecule has 1 fully saturated rings. The number of methoxy groups -OCH3 is 1. The van der Waals surface area contributed by atoms with E-state index in [2.05, 4.69) is 9.97 Å². The monoisotopic (exact) mass is 540 g/mol. The van der Waals surface area contributed by atoms with Gasteiger partial charge < -0.3 is 19.6 Å². The lowest BCUT2D eigenvalue weighted by Gasteiger charge is -2.43. The summed E-state index contributed by atoms with van der Waals surface area (Å²) >= 11 is 6.47. The average Bonchev–Trinajstić information content (AvgIpc) is 2.80. The molecule has 0 bridgehead atoms. The first-order valence-corrected chi connectivity index (χ1v) is 13.1. The van der Waals surface area contributed by atoms with E-state index in [1.54, 1.807) is 18.7 Å². The van der Waals surface area contributed by atoms with E-state index in [1.165, 1.54) is 30.2 Å². The van der Waals surface area contributed by atoms with Crippen LogP contribution in [0.25, 0.3) is 22.0 Å². The van der Waals surface area contributed by atoms with Gasteiger partial charge in [0.2, 0.25) is 15.0 Å². The summed E-state index contributed by atoms with van der Waals surface area (Å²) in [6.45, 7) is 3.71. The van der Waals surface area contributed by atoms with E-state index in [0.717, 1.165) is 12.3 Å². The molecular formula is C23H23ClF2N4O5S. The van der Waals surface area contributed by atoms with Crippen LogP contribution in [0.1, 0.15) is 13.8 Å². The minimum Gasteiger partial charge on any atom is -0.496 e. The lowest BCUT2D eigenvalue weighted by atomic mass is 10.0. The summed E-state index contributed by atoms with van der Waals surface area (Å²) in [5.41, 5.74) is -0.937. The number of carbonyl (C=O) groups is 1. The van der Waals surface area contributed by atoms with Crippen LogP contribution in [0, 0.1) is 11.6 Å². The van der Waals surface area contributed by atoms with Gasteiger partial charge in [-0.3, -0.25) is 0 Å². The Morgan fingerprint density at radius 2 is 1.86 bits per heavy atom. The third kappa shape index (κ3) is 4.39.